The van der Waals surface area contributed by atoms with Gasteiger partial charge >= 0.3 is 5.97 Å². The molecule has 0 atom stereocenters. The number of cyclic esters (lactones) is 1. The van der Waals surface area contributed by atoms with Gasteiger partial charge in [-0.1, -0.05) is 5.57 Å². The Kier molecular flexibility index (Phi) is 3.14. The van der Waals surface area contributed by atoms with Crippen molar-refractivity contribution in [1.82, 2.24) is 0 Å². The molecule has 1 heterocycles. The molecule has 0 radical (unpaired) electrons. The van der Waals surface area contributed by atoms with Gasteiger partial charge in [-0.25, -0.2) is 4.79 Å². The predicted octanol–water partition coefficient (Wildman–Crippen LogP) is 2.05. The first-order valence-electron chi connectivity index (χ1n) is 4.13. The normalized spacial score (nSPS) is 25.5. The van der Waals surface area contributed by atoms with Crippen LogP contribution in [0.3, 0.4) is 0 Å². The molecular formula is C9H14O2. The van der Waals surface area contributed by atoms with Crippen LogP contribution in [0.2, 0.25) is 0 Å². The Hall–Kier alpha value is -0.790. The van der Waals surface area contributed by atoms with E-state index in [0.717, 1.165) is 18.4 Å². The summed E-state index contributed by atoms with van der Waals surface area (Å²) in [5.41, 5.74) is 1.14. The molecule has 1 aliphatic rings. The summed E-state index contributed by atoms with van der Waals surface area (Å²) in [6, 6.07) is 0. The van der Waals surface area contributed by atoms with Gasteiger partial charge in [-0.3, -0.25) is 0 Å². The van der Waals surface area contributed by atoms with Crippen molar-refractivity contribution in [2.75, 3.05) is 6.61 Å². The van der Waals surface area contributed by atoms with Gasteiger partial charge in [-0.2, -0.15) is 0 Å². The Bertz CT molecular complexity index is 170. The minimum atomic E-state index is -0.176. The standard InChI is InChI=1S/C9H14O2/c1-8-5-3-2-4-6-11-9(10)7-8/h7H,2-6H2,1H3/b8-7+. The minimum absolute atomic E-state index is 0.176. The van der Waals surface area contributed by atoms with E-state index in [1.807, 2.05) is 6.92 Å². The molecule has 0 spiro atoms. The van der Waals surface area contributed by atoms with Crippen molar-refractivity contribution >= 4 is 5.97 Å². The summed E-state index contributed by atoms with van der Waals surface area (Å²) in [7, 11) is 0. The number of hydrogen-bond donors (Lipinski definition) is 0. The van der Waals surface area contributed by atoms with Crippen LogP contribution in [0.25, 0.3) is 0 Å². The van der Waals surface area contributed by atoms with E-state index in [0.29, 0.717) is 6.61 Å². The minimum Gasteiger partial charge on any atom is -0.463 e. The van der Waals surface area contributed by atoms with Gasteiger partial charge in [0.2, 0.25) is 0 Å². The third kappa shape index (κ3) is 3.21. The molecule has 0 aromatic rings. The average Bonchev–Trinajstić information content (AvgIpc) is 2.02. The lowest BCUT2D eigenvalue weighted by Gasteiger charge is -1.97. The van der Waals surface area contributed by atoms with E-state index in [-0.39, 0.29) is 5.97 Å². The fraction of sp³-hybridized carbons (Fsp3) is 0.667. The van der Waals surface area contributed by atoms with Crippen LogP contribution in [0, 0.1) is 0 Å². The van der Waals surface area contributed by atoms with Gasteiger partial charge in [-0.15, -0.1) is 0 Å². The highest BCUT2D eigenvalue weighted by Crippen LogP contribution is 2.10. The average molecular weight is 154 g/mol. The smallest absolute Gasteiger partial charge is 0.330 e. The van der Waals surface area contributed by atoms with E-state index in [1.54, 1.807) is 6.08 Å². The second-order valence-electron chi connectivity index (χ2n) is 2.97. The Morgan fingerprint density at radius 2 is 2.18 bits per heavy atom. The molecule has 0 aliphatic carbocycles. The van der Waals surface area contributed by atoms with E-state index in [4.69, 9.17) is 4.74 Å². The number of ether oxygens (including phenoxy) is 1. The number of rotatable bonds is 0. The highest BCUT2D eigenvalue weighted by atomic mass is 16.5. The molecule has 0 aromatic carbocycles. The molecule has 0 fully saturated rings. The number of hydrogen-bond acceptors (Lipinski definition) is 2. The molecule has 0 N–H and O–H groups in total. The molecule has 0 bridgehead atoms. The summed E-state index contributed by atoms with van der Waals surface area (Å²) in [5, 5.41) is 0. The topological polar surface area (TPSA) is 26.3 Å². The van der Waals surface area contributed by atoms with Gasteiger partial charge in [-0.05, 0) is 32.6 Å². The van der Waals surface area contributed by atoms with Crippen molar-refractivity contribution in [1.29, 1.82) is 0 Å². The number of esters is 1. The Balaban J connectivity index is 2.50. The lowest BCUT2D eigenvalue weighted by Crippen LogP contribution is -2.01. The molecule has 0 unspecified atom stereocenters. The van der Waals surface area contributed by atoms with Gasteiger partial charge in [0.1, 0.15) is 0 Å². The van der Waals surface area contributed by atoms with Gasteiger partial charge in [0.15, 0.2) is 0 Å². The molecule has 1 aliphatic heterocycles. The van der Waals surface area contributed by atoms with Crippen molar-refractivity contribution in [3.63, 3.8) is 0 Å². The summed E-state index contributed by atoms with van der Waals surface area (Å²) in [6.07, 6.45) is 5.99. The van der Waals surface area contributed by atoms with Gasteiger partial charge in [0.25, 0.3) is 0 Å². The molecule has 1 rings (SSSR count). The molecular weight excluding hydrogens is 140 g/mol. The fourth-order valence-electron chi connectivity index (χ4n) is 1.17. The molecule has 0 saturated carbocycles. The lowest BCUT2D eigenvalue weighted by molar-refractivity contribution is -0.137. The van der Waals surface area contributed by atoms with Crippen molar-refractivity contribution in [3.8, 4) is 0 Å². The largest absolute Gasteiger partial charge is 0.463 e. The van der Waals surface area contributed by atoms with Crippen LogP contribution in [0.4, 0.5) is 0 Å². The Morgan fingerprint density at radius 1 is 1.36 bits per heavy atom. The molecule has 0 aromatic heterocycles. The van der Waals surface area contributed by atoms with E-state index in [2.05, 4.69) is 0 Å². The second-order valence-corrected chi connectivity index (χ2v) is 2.97. The van der Waals surface area contributed by atoms with Crippen LogP contribution in [0.1, 0.15) is 32.6 Å². The zero-order valence-corrected chi connectivity index (χ0v) is 6.93. The SMILES string of the molecule is C/C1=C\C(=O)OCCCCC1. The van der Waals surface area contributed by atoms with Crippen molar-refractivity contribution < 1.29 is 9.53 Å². The molecule has 11 heavy (non-hydrogen) atoms. The van der Waals surface area contributed by atoms with Crippen molar-refractivity contribution in [2.45, 2.75) is 32.6 Å². The van der Waals surface area contributed by atoms with Crippen LogP contribution in [-0.2, 0) is 9.53 Å². The Labute approximate surface area is 67.2 Å². The molecule has 2 heteroatoms. The van der Waals surface area contributed by atoms with Crippen LogP contribution < -0.4 is 0 Å². The predicted molar refractivity (Wildman–Crippen MR) is 43.2 cm³/mol. The fourth-order valence-corrected chi connectivity index (χ4v) is 1.17. The van der Waals surface area contributed by atoms with Crippen LogP contribution in [-0.4, -0.2) is 12.6 Å². The summed E-state index contributed by atoms with van der Waals surface area (Å²) in [5.74, 6) is -0.176. The quantitative estimate of drug-likeness (QED) is 0.499. The van der Waals surface area contributed by atoms with Crippen LogP contribution in [0.5, 0.6) is 0 Å². The van der Waals surface area contributed by atoms with E-state index in [1.165, 1.54) is 12.8 Å². The highest BCUT2D eigenvalue weighted by Gasteiger charge is 2.02. The number of allylic oxidation sites excluding steroid dienone is 1. The van der Waals surface area contributed by atoms with E-state index >= 15 is 0 Å². The van der Waals surface area contributed by atoms with Gasteiger partial charge in [0.05, 0.1) is 6.61 Å². The monoisotopic (exact) mass is 154 g/mol. The van der Waals surface area contributed by atoms with E-state index < -0.39 is 0 Å². The van der Waals surface area contributed by atoms with Crippen molar-refractivity contribution in [2.24, 2.45) is 0 Å². The molecule has 2 nitrogen and oxygen atoms in total. The summed E-state index contributed by atoms with van der Waals surface area (Å²) in [6.45, 7) is 2.56. The third-order valence-corrected chi connectivity index (χ3v) is 1.82. The Morgan fingerprint density at radius 3 is 3.00 bits per heavy atom. The zero-order valence-electron chi connectivity index (χ0n) is 6.93. The first-order chi connectivity index (χ1) is 5.29. The summed E-state index contributed by atoms with van der Waals surface area (Å²) < 4.78 is 4.92. The maximum absolute atomic E-state index is 10.9. The van der Waals surface area contributed by atoms with E-state index in [9.17, 15) is 4.79 Å². The second kappa shape index (κ2) is 4.16. The number of carbonyl (C=O) groups is 1. The highest BCUT2D eigenvalue weighted by molar-refractivity contribution is 5.82. The molecule has 62 valence electrons. The molecule has 0 amide bonds. The van der Waals surface area contributed by atoms with Gasteiger partial charge < -0.3 is 4.74 Å². The maximum atomic E-state index is 10.9. The van der Waals surface area contributed by atoms with Crippen LogP contribution >= 0.6 is 0 Å². The van der Waals surface area contributed by atoms with Crippen molar-refractivity contribution in [3.05, 3.63) is 11.6 Å². The lowest BCUT2D eigenvalue weighted by atomic mass is 10.1. The molecule has 0 saturated heterocycles. The maximum Gasteiger partial charge on any atom is 0.330 e. The van der Waals surface area contributed by atoms with Crippen LogP contribution in [0.15, 0.2) is 11.6 Å². The first-order valence-corrected chi connectivity index (χ1v) is 4.13. The zero-order chi connectivity index (χ0) is 8.10. The summed E-state index contributed by atoms with van der Waals surface area (Å²) in [4.78, 5) is 10.9. The summed E-state index contributed by atoms with van der Waals surface area (Å²) >= 11 is 0. The number of carbonyl (C=O) groups excluding carboxylic acids is 1. The third-order valence-electron chi connectivity index (χ3n) is 1.82. The first kappa shape index (κ1) is 8.31. The van der Waals surface area contributed by atoms with Gasteiger partial charge in [0, 0.05) is 6.08 Å².